The van der Waals surface area contributed by atoms with Gasteiger partial charge in [-0.15, -0.1) is 0 Å². The summed E-state index contributed by atoms with van der Waals surface area (Å²) in [7, 11) is 1.45. The summed E-state index contributed by atoms with van der Waals surface area (Å²) in [6, 6.07) is 4.95. The third kappa shape index (κ3) is 7.30. The van der Waals surface area contributed by atoms with Crippen LogP contribution in [0.2, 0.25) is 0 Å². The minimum atomic E-state index is -1.04. The number of rotatable bonds is 7. The lowest BCUT2D eigenvalue weighted by atomic mass is 9.90. The van der Waals surface area contributed by atoms with E-state index in [0.29, 0.717) is 43.0 Å². The number of anilines is 2. The molecular weight excluding hydrogens is 557 g/mol. The van der Waals surface area contributed by atoms with Gasteiger partial charge in [0.05, 0.1) is 5.69 Å². The Morgan fingerprint density at radius 3 is 2.49 bits per heavy atom. The molecule has 0 unspecified atom stereocenters. The maximum absolute atomic E-state index is 14.6. The van der Waals surface area contributed by atoms with Gasteiger partial charge in [-0.3, -0.25) is 24.2 Å². The molecule has 11 nitrogen and oxygen atoms in total. The van der Waals surface area contributed by atoms with Gasteiger partial charge in [-0.05, 0) is 76.6 Å². The summed E-state index contributed by atoms with van der Waals surface area (Å²) >= 11 is 0. The minimum Gasteiger partial charge on any atom is -0.444 e. The van der Waals surface area contributed by atoms with E-state index >= 15 is 0 Å². The Bertz CT molecular complexity index is 1350. The molecule has 232 valence electrons. The zero-order valence-corrected chi connectivity index (χ0v) is 25.5. The van der Waals surface area contributed by atoms with Crippen molar-refractivity contribution in [2.45, 2.75) is 77.6 Å². The molecule has 0 bridgehead atoms. The number of halogens is 1. The van der Waals surface area contributed by atoms with Crippen LogP contribution in [0.5, 0.6) is 0 Å². The number of carbonyl (C=O) groups excluding carboxylic acids is 4. The number of pyridine rings is 1. The topological polar surface area (TPSA) is 130 Å². The summed E-state index contributed by atoms with van der Waals surface area (Å²) in [5.74, 6) is -2.22. The average molecular weight is 598 g/mol. The summed E-state index contributed by atoms with van der Waals surface area (Å²) in [4.78, 5) is 61.1. The van der Waals surface area contributed by atoms with E-state index in [1.54, 1.807) is 58.9 Å². The molecule has 4 rings (SSSR count). The first kappa shape index (κ1) is 31.9. The Morgan fingerprint density at radius 1 is 1.14 bits per heavy atom. The van der Waals surface area contributed by atoms with E-state index in [2.05, 4.69) is 15.6 Å². The number of para-hydroxylation sites is 1. The van der Waals surface area contributed by atoms with Crippen LogP contribution < -0.4 is 15.5 Å². The number of hydrogen-bond acceptors (Lipinski definition) is 7. The summed E-state index contributed by atoms with van der Waals surface area (Å²) in [5.41, 5.74) is 0.499. The fraction of sp³-hybridized carbons (Fsp3) is 0.516. The van der Waals surface area contributed by atoms with Crippen LogP contribution in [0.1, 0.15) is 51.7 Å². The molecule has 2 aromatic rings. The molecule has 43 heavy (non-hydrogen) atoms. The Labute approximate surface area is 251 Å². The van der Waals surface area contributed by atoms with Crippen molar-refractivity contribution in [1.82, 2.24) is 15.2 Å². The van der Waals surface area contributed by atoms with E-state index in [4.69, 9.17) is 9.47 Å². The number of ether oxygens (including phenoxy) is 2. The summed E-state index contributed by atoms with van der Waals surface area (Å²) < 4.78 is 25.5. The van der Waals surface area contributed by atoms with E-state index in [0.717, 1.165) is 0 Å². The monoisotopic (exact) mass is 597 g/mol. The number of nitrogens with one attached hydrogen (secondary N) is 2. The molecule has 1 aromatic heterocycles. The molecule has 12 heteroatoms. The van der Waals surface area contributed by atoms with Crippen LogP contribution >= 0.6 is 0 Å². The SMILES string of the molecule is Cc1cccc(F)c1NC(=O)[C@@H]1Cc2cccnc2N1C(=O)[C@@H](NC(=O)[C@H](C)N(C)C(=O)OC(C)(C)C)C1CCOCC1. The molecule has 2 N–H and O–H groups in total. The number of fused-ring (bicyclic) bond motifs is 1. The molecule has 3 heterocycles. The van der Waals surface area contributed by atoms with Gasteiger partial charge < -0.3 is 20.1 Å². The van der Waals surface area contributed by atoms with E-state index in [9.17, 15) is 23.6 Å². The largest absolute Gasteiger partial charge is 0.444 e. The van der Waals surface area contributed by atoms with Crippen molar-refractivity contribution in [3.05, 3.63) is 53.5 Å². The molecule has 3 atom stereocenters. The fourth-order valence-corrected chi connectivity index (χ4v) is 5.24. The summed E-state index contributed by atoms with van der Waals surface area (Å²) in [5, 5.41) is 5.53. The third-order valence-electron chi connectivity index (χ3n) is 7.77. The number of hydrogen-bond donors (Lipinski definition) is 2. The van der Waals surface area contributed by atoms with Crippen molar-refractivity contribution in [3.8, 4) is 0 Å². The van der Waals surface area contributed by atoms with Crippen LogP contribution in [0, 0.1) is 18.7 Å². The van der Waals surface area contributed by atoms with E-state index < -0.39 is 53.4 Å². The predicted molar refractivity (Wildman–Crippen MR) is 158 cm³/mol. The van der Waals surface area contributed by atoms with Crippen LogP contribution in [-0.4, -0.2) is 77.7 Å². The van der Waals surface area contributed by atoms with Gasteiger partial charge in [0.25, 0.3) is 5.91 Å². The maximum atomic E-state index is 14.6. The number of benzene rings is 1. The van der Waals surface area contributed by atoms with Crippen molar-refractivity contribution in [3.63, 3.8) is 0 Å². The number of aryl methyl sites for hydroxylation is 1. The Balaban J connectivity index is 1.63. The quantitative estimate of drug-likeness (QED) is 0.499. The van der Waals surface area contributed by atoms with Gasteiger partial charge in [-0.25, -0.2) is 14.2 Å². The predicted octanol–water partition coefficient (Wildman–Crippen LogP) is 3.59. The second-order valence-electron chi connectivity index (χ2n) is 12.0. The van der Waals surface area contributed by atoms with Gasteiger partial charge >= 0.3 is 6.09 Å². The Hall–Kier alpha value is -4.06. The first-order valence-corrected chi connectivity index (χ1v) is 14.5. The molecule has 0 aliphatic carbocycles. The van der Waals surface area contributed by atoms with Gasteiger partial charge in [-0.1, -0.05) is 18.2 Å². The van der Waals surface area contributed by atoms with Gasteiger partial charge in [-0.2, -0.15) is 0 Å². The molecule has 2 aliphatic rings. The fourth-order valence-electron chi connectivity index (χ4n) is 5.24. The maximum Gasteiger partial charge on any atom is 0.410 e. The van der Waals surface area contributed by atoms with Crippen molar-refractivity contribution in [2.24, 2.45) is 5.92 Å². The highest BCUT2D eigenvalue weighted by molar-refractivity contribution is 6.09. The average Bonchev–Trinajstić information content (AvgIpc) is 3.36. The Kier molecular flexibility index (Phi) is 9.69. The van der Waals surface area contributed by atoms with Crippen LogP contribution in [0.3, 0.4) is 0 Å². The Morgan fingerprint density at radius 2 is 1.84 bits per heavy atom. The second-order valence-corrected chi connectivity index (χ2v) is 12.0. The standard InChI is InChI=1S/C31H40FN5O6/c1-18-9-7-11-22(32)24(18)34-28(39)23-17-21-10-8-14-33-26(21)37(23)29(40)25(20-12-15-42-16-13-20)35-27(38)19(2)36(6)30(41)43-31(3,4)5/h7-11,14,19-20,23,25H,12-13,15-17H2,1-6H3,(H,34,39)(H,35,38)/t19-,23-,25-/m0/s1. The van der Waals surface area contributed by atoms with Crippen molar-refractivity contribution >= 4 is 35.3 Å². The first-order chi connectivity index (χ1) is 20.3. The van der Waals surface area contributed by atoms with Gasteiger partial charge in [0.15, 0.2) is 0 Å². The third-order valence-corrected chi connectivity index (χ3v) is 7.77. The molecule has 2 aliphatic heterocycles. The number of nitrogens with zero attached hydrogens (tertiary/aromatic N) is 3. The van der Waals surface area contributed by atoms with E-state index in [-0.39, 0.29) is 18.0 Å². The van der Waals surface area contributed by atoms with E-state index in [1.165, 1.54) is 29.1 Å². The highest BCUT2D eigenvalue weighted by Gasteiger charge is 2.45. The minimum absolute atomic E-state index is 0.0390. The lowest BCUT2D eigenvalue weighted by molar-refractivity contribution is -0.132. The molecule has 1 aromatic carbocycles. The van der Waals surface area contributed by atoms with Crippen molar-refractivity contribution < 1.29 is 33.0 Å². The van der Waals surface area contributed by atoms with Crippen molar-refractivity contribution in [2.75, 3.05) is 30.5 Å². The molecule has 0 radical (unpaired) electrons. The van der Waals surface area contributed by atoms with Crippen LogP contribution in [-0.2, 0) is 30.3 Å². The lowest BCUT2D eigenvalue weighted by Crippen LogP contribution is -2.59. The molecular formula is C31H40FN5O6. The number of likely N-dealkylation sites (N-methyl/N-ethyl adjacent to an activating group) is 1. The normalized spacial score (nSPS) is 18.3. The zero-order valence-electron chi connectivity index (χ0n) is 25.5. The highest BCUT2D eigenvalue weighted by Crippen LogP contribution is 2.33. The van der Waals surface area contributed by atoms with Crippen LogP contribution in [0.4, 0.5) is 20.7 Å². The molecule has 1 fully saturated rings. The zero-order chi connectivity index (χ0) is 31.5. The molecule has 4 amide bonds. The summed E-state index contributed by atoms with van der Waals surface area (Å²) in [6.45, 7) is 9.22. The molecule has 0 spiro atoms. The smallest absolute Gasteiger partial charge is 0.410 e. The van der Waals surface area contributed by atoms with Gasteiger partial charge in [0.2, 0.25) is 11.8 Å². The van der Waals surface area contributed by atoms with Crippen LogP contribution in [0.25, 0.3) is 0 Å². The summed E-state index contributed by atoms with van der Waals surface area (Å²) in [6.07, 6.45) is 2.02. The van der Waals surface area contributed by atoms with E-state index in [1.807, 2.05) is 0 Å². The highest BCUT2D eigenvalue weighted by atomic mass is 19.1. The lowest BCUT2D eigenvalue weighted by Gasteiger charge is -2.35. The van der Waals surface area contributed by atoms with Gasteiger partial charge in [0.1, 0.15) is 35.4 Å². The number of aromatic nitrogens is 1. The number of carbonyl (C=O) groups is 4. The molecule has 0 saturated carbocycles. The second kappa shape index (κ2) is 13.1. The van der Waals surface area contributed by atoms with Gasteiger partial charge in [0, 0.05) is 32.9 Å². The first-order valence-electron chi connectivity index (χ1n) is 14.5. The van der Waals surface area contributed by atoms with Crippen LogP contribution in [0.15, 0.2) is 36.5 Å². The van der Waals surface area contributed by atoms with Crippen molar-refractivity contribution in [1.29, 1.82) is 0 Å². The number of amides is 4. The molecule has 1 saturated heterocycles.